The topological polar surface area (TPSA) is 101 Å². The maximum absolute atomic E-state index is 12.8. The van der Waals surface area contributed by atoms with Crippen LogP contribution < -0.4 is 10.1 Å². The average Bonchev–Trinajstić information content (AvgIpc) is 3.47. The largest absolute Gasteiger partial charge is 0.497 e. The number of nitrogens with one attached hydrogen (secondary N) is 1. The molecule has 0 atom stereocenters. The molecule has 0 saturated carbocycles. The highest BCUT2D eigenvalue weighted by molar-refractivity contribution is 7.89. The van der Waals surface area contributed by atoms with Crippen LogP contribution in [-0.2, 0) is 16.4 Å². The Morgan fingerprint density at radius 1 is 1.13 bits per heavy atom. The zero-order valence-corrected chi connectivity index (χ0v) is 18.6. The number of methoxy groups -OCH3 is 1. The SMILES string of the molecule is COc1ccc(Cc2nnc(NC(=O)c3cccc(S(=O)(=O)N4CCCC4)c3)s2)cc1. The van der Waals surface area contributed by atoms with Gasteiger partial charge in [0.1, 0.15) is 10.8 Å². The van der Waals surface area contributed by atoms with E-state index >= 15 is 0 Å². The van der Waals surface area contributed by atoms with E-state index in [9.17, 15) is 13.2 Å². The van der Waals surface area contributed by atoms with Gasteiger partial charge in [-0.25, -0.2) is 8.42 Å². The summed E-state index contributed by atoms with van der Waals surface area (Å²) in [4.78, 5) is 12.8. The standard InChI is InChI=1S/C21H22N4O4S2/c1-29-17-9-7-15(8-10-17)13-19-23-24-21(30-19)22-20(26)16-5-4-6-18(14-16)31(27,28)25-11-2-3-12-25/h4-10,14H,2-3,11-13H2,1H3,(H,22,24,26). The van der Waals surface area contributed by atoms with Crippen molar-refractivity contribution in [3.63, 3.8) is 0 Å². The molecule has 0 radical (unpaired) electrons. The summed E-state index contributed by atoms with van der Waals surface area (Å²) < 4.78 is 32.1. The van der Waals surface area contributed by atoms with Gasteiger partial charge in [0.25, 0.3) is 5.91 Å². The van der Waals surface area contributed by atoms with E-state index in [4.69, 9.17) is 4.74 Å². The van der Waals surface area contributed by atoms with Crippen molar-refractivity contribution >= 4 is 32.4 Å². The molecule has 31 heavy (non-hydrogen) atoms. The van der Waals surface area contributed by atoms with Gasteiger partial charge in [0, 0.05) is 25.1 Å². The van der Waals surface area contributed by atoms with Crippen LogP contribution in [0, 0.1) is 0 Å². The highest BCUT2D eigenvalue weighted by Crippen LogP contribution is 2.23. The normalized spacial score (nSPS) is 14.5. The highest BCUT2D eigenvalue weighted by atomic mass is 32.2. The Hall–Kier alpha value is -2.82. The van der Waals surface area contributed by atoms with E-state index in [1.807, 2.05) is 24.3 Å². The van der Waals surface area contributed by atoms with E-state index in [2.05, 4.69) is 15.5 Å². The van der Waals surface area contributed by atoms with Crippen molar-refractivity contribution in [2.75, 3.05) is 25.5 Å². The summed E-state index contributed by atoms with van der Waals surface area (Å²) in [6, 6.07) is 13.7. The number of hydrogen-bond donors (Lipinski definition) is 1. The maximum Gasteiger partial charge on any atom is 0.257 e. The number of hydrogen-bond acceptors (Lipinski definition) is 7. The van der Waals surface area contributed by atoms with E-state index in [-0.39, 0.29) is 10.5 Å². The van der Waals surface area contributed by atoms with Crippen LogP contribution in [0.1, 0.15) is 33.8 Å². The van der Waals surface area contributed by atoms with Crippen LogP contribution in [0.3, 0.4) is 0 Å². The molecule has 1 aliphatic rings. The van der Waals surface area contributed by atoms with Crippen LogP contribution in [0.4, 0.5) is 5.13 Å². The van der Waals surface area contributed by atoms with Gasteiger partial charge in [-0.15, -0.1) is 10.2 Å². The van der Waals surface area contributed by atoms with Crippen LogP contribution in [-0.4, -0.2) is 49.0 Å². The molecule has 8 nitrogen and oxygen atoms in total. The summed E-state index contributed by atoms with van der Waals surface area (Å²) >= 11 is 1.28. The molecule has 0 aliphatic carbocycles. The third-order valence-electron chi connectivity index (χ3n) is 5.00. The van der Waals surface area contributed by atoms with Gasteiger partial charge in [-0.3, -0.25) is 10.1 Å². The lowest BCUT2D eigenvalue weighted by Crippen LogP contribution is -2.28. The minimum atomic E-state index is -3.58. The van der Waals surface area contributed by atoms with E-state index < -0.39 is 15.9 Å². The van der Waals surface area contributed by atoms with Crippen molar-refractivity contribution in [2.45, 2.75) is 24.2 Å². The Labute approximate surface area is 184 Å². The molecule has 2 aromatic carbocycles. The second-order valence-corrected chi connectivity index (χ2v) is 10.1. The number of sulfonamides is 1. The summed E-state index contributed by atoms with van der Waals surface area (Å²) in [6.45, 7) is 1.03. The summed E-state index contributed by atoms with van der Waals surface area (Å²) in [5, 5.41) is 12.0. The number of aromatic nitrogens is 2. The van der Waals surface area contributed by atoms with Crippen molar-refractivity contribution in [1.82, 2.24) is 14.5 Å². The first kappa shape index (κ1) is 21.4. The van der Waals surface area contributed by atoms with Gasteiger partial charge < -0.3 is 4.74 Å². The molecule has 3 aromatic rings. The van der Waals surface area contributed by atoms with Crippen LogP contribution in [0.25, 0.3) is 0 Å². The molecule has 1 saturated heterocycles. The predicted molar refractivity (Wildman–Crippen MR) is 118 cm³/mol. The Bertz CT molecular complexity index is 1170. The molecule has 10 heteroatoms. The second kappa shape index (κ2) is 9.13. The van der Waals surface area contributed by atoms with Crippen molar-refractivity contribution < 1.29 is 17.9 Å². The molecule has 1 amide bonds. The van der Waals surface area contributed by atoms with Crippen molar-refractivity contribution in [2.24, 2.45) is 0 Å². The van der Waals surface area contributed by atoms with E-state index in [0.29, 0.717) is 24.6 Å². The number of ether oxygens (including phenoxy) is 1. The van der Waals surface area contributed by atoms with E-state index in [1.54, 1.807) is 19.2 Å². The van der Waals surface area contributed by atoms with Crippen LogP contribution in [0.15, 0.2) is 53.4 Å². The molecule has 1 N–H and O–H groups in total. The second-order valence-electron chi connectivity index (χ2n) is 7.12. The van der Waals surface area contributed by atoms with E-state index in [0.717, 1.165) is 29.2 Å². The molecular formula is C21H22N4O4S2. The average molecular weight is 459 g/mol. The molecule has 1 fully saturated rings. The van der Waals surface area contributed by atoms with Crippen LogP contribution in [0.2, 0.25) is 0 Å². The van der Waals surface area contributed by atoms with Gasteiger partial charge in [-0.2, -0.15) is 4.31 Å². The lowest BCUT2D eigenvalue weighted by Gasteiger charge is -2.15. The Balaban J connectivity index is 1.44. The third kappa shape index (κ3) is 4.92. The predicted octanol–water partition coefficient (Wildman–Crippen LogP) is 3.17. The maximum atomic E-state index is 12.8. The number of amides is 1. The van der Waals surface area contributed by atoms with Gasteiger partial charge in [0.2, 0.25) is 15.2 Å². The quantitative estimate of drug-likeness (QED) is 0.584. The van der Waals surface area contributed by atoms with Gasteiger partial charge in [0.15, 0.2) is 0 Å². The third-order valence-corrected chi connectivity index (χ3v) is 7.73. The molecular weight excluding hydrogens is 436 g/mol. The summed E-state index contributed by atoms with van der Waals surface area (Å²) in [5.41, 5.74) is 1.31. The fourth-order valence-electron chi connectivity index (χ4n) is 3.34. The summed E-state index contributed by atoms with van der Waals surface area (Å²) in [6.07, 6.45) is 2.30. The van der Waals surface area contributed by atoms with E-state index in [1.165, 1.54) is 27.8 Å². The minimum absolute atomic E-state index is 0.125. The van der Waals surface area contributed by atoms with Gasteiger partial charge in [-0.05, 0) is 48.7 Å². The van der Waals surface area contributed by atoms with Crippen LogP contribution >= 0.6 is 11.3 Å². The molecule has 4 rings (SSSR count). The smallest absolute Gasteiger partial charge is 0.257 e. The van der Waals surface area contributed by atoms with Gasteiger partial charge in [0.05, 0.1) is 12.0 Å². The molecule has 1 aromatic heterocycles. The van der Waals surface area contributed by atoms with Crippen molar-refractivity contribution in [3.8, 4) is 5.75 Å². The molecule has 0 unspecified atom stereocenters. The number of nitrogens with zero attached hydrogens (tertiary/aromatic N) is 3. The molecule has 0 bridgehead atoms. The lowest BCUT2D eigenvalue weighted by molar-refractivity contribution is 0.102. The summed E-state index contributed by atoms with van der Waals surface area (Å²) in [7, 11) is -1.97. The molecule has 2 heterocycles. The first-order valence-electron chi connectivity index (χ1n) is 9.82. The Kier molecular flexibility index (Phi) is 6.30. The zero-order chi connectivity index (χ0) is 21.8. The fraction of sp³-hybridized carbons (Fsp3) is 0.286. The number of anilines is 1. The van der Waals surface area contributed by atoms with Crippen molar-refractivity contribution in [1.29, 1.82) is 0 Å². The van der Waals surface area contributed by atoms with Crippen LogP contribution in [0.5, 0.6) is 5.75 Å². The highest BCUT2D eigenvalue weighted by Gasteiger charge is 2.27. The zero-order valence-electron chi connectivity index (χ0n) is 16.9. The summed E-state index contributed by atoms with van der Waals surface area (Å²) in [5.74, 6) is 0.355. The molecule has 162 valence electrons. The first-order valence-corrected chi connectivity index (χ1v) is 12.1. The lowest BCUT2D eigenvalue weighted by atomic mass is 10.1. The molecule has 1 aliphatic heterocycles. The number of carbonyl (C=O) groups is 1. The van der Waals surface area contributed by atoms with Crippen molar-refractivity contribution in [3.05, 3.63) is 64.7 Å². The monoisotopic (exact) mass is 458 g/mol. The number of carbonyl (C=O) groups excluding carboxylic acids is 1. The fourth-order valence-corrected chi connectivity index (χ4v) is 5.67. The number of rotatable bonds is 7. The minimum Gasteiger partial charge on any atom is -0.497 e. The Morgan fingerprint density at radius 2 is 1.87 bits per heavy atom. The molecule has 0 spiro atoms. The first-order chi connectivity index (χ1) is 15.0. The Morgan fingerprint density at radius 3 is 2.58 bits per heavy atom. The number of benzene rings is 2. The van der Waals surface area contributed by atoms with Gasteiger partial charge >= 0.3 is 0 Å². The van der Waals surface area contributed by atoms with Gasteiger partial charge in [-0.1, -0.05) is 29.5 Å².